The summed E-state index contributed by atoms with van der Waals surface area (Å²) in [6.07, 6.45) is 5.86. The van der Waals surface area contributed by atoms with Crippen molar-refractivity contribution in [2.24, 2.45) is 5.92 Å². The van der Waals surface area contributed by atoms with Crippen LogP contribution >= 0.6 is 0 Å². The van der Waals surface area contributed by atoms with Crippen molar-refractivity contribution in [2.75, 3.05) is 24.5 Å². The number of rotatable bonds is 5. The smallest absolute Gasteiger partial charge is 0.224 e. The van der Waals surface area contributed by atoms with E-state index in [9.17, 15) is 9.18 Å². The van der Waals surface area contributed by atoms with Crippen LogP contribution in [0.5, 0.6) is 0 Å². The third-order valence-corrected chi connectivity index (χ3v) is 5.55. The van der Waals surface area contributed by atoms with Crippen LogP contribution in [0.3, 0.4) is 0 Å². The second kappa shape index (κ2) is 8.03. The molecule has 27 heavy (non-hydrogen) atoms. The van der Waals surface area contributed by atoms with Gasteiger partial charge in [-0.2, -0.15) is 5.10 Å². The van der Waals surface area contributed by atoms with Crippen molar-refractivity contribution in [2.45, 2.75) is 38.5 Å². The number of nitrogens with one attached hydrogen (secondary N) is 1. The van der Waals surface area contributed by atoms with Crippen molar-refractivity contribution >= 4 is 11.7 Å². The van der Waals surface area contributed by atoms with E-state index in [-0.39, 0.29) is 17.6 Å². The van der Waals surface area contributed by atoms with E-state index >= 15 is 0 Å². The maximum Gasteiger partial charge on any atom is 0.224 e. The summed E-state index contributed by atoms with van der Waals surface area (Å²) >= 11 is 0. The number of carbonyl (C=O) groups is 1. The molecule has 1 amide bonds. The van der Waals surface area contributed by atoms with Gasteiger partial charge in [-0.1, -0.05) is 12.1 Å². The Morgan fingerprint density at radius 1 is 1.19 bits per heavy atom. The van der Waals surface area contributed by atoms with Gasteiger partial charge in [-0.15, -0.1) is 5.10 Å². The number of aromatic nitrogens is 2. The van der Waals surface area contributed by atoms with Gasteiger partial charge in [-0.3, -0.25) is 4.79 Å². The molecule has 2 aromatic rings. The van der Waals surface area contributed by atoms with Crippen LogP contribution in [0.2, 0.25) is 0 Å². The van der Waals surface area contributed by atoms with E-state index in [1.807, 2.05) is 0 Å². The molecule has 6 heteroatoms. The topological polar surface area (TPSA) is 58.1 Å². The molecule has 1 atom stereocenters. The van der Waals surface area contributed by atoms with Crippen LogP contribution in [-0.2, 0) is 24.1 Å². The Kier molecular flexibility index (Phi) is 5.32. The molecule has 142 valence electrons. The number of hydrogen-bond acceptors (Lipinski definition) is 4. The molecule has 1 fully saturated rings. The normalized spacial score (nSPS) is 19.0. The molecule has 1 aliphatic heterocycles. The molecule has 1 aromatic heterocycles. The Balaban J connectivity index is 1.31. The number of benzene rings is 1. The number of fused-ring (bicyclic) bond motifs is 1. The molecule has 4 rings (SSSR count). The molecule has 1 N–H and O–H groups in total. The fourth-order valence-corrected chi connectivity index (χ4v) is 4.00. The van der Waals surface area contributed by atoms with E-state index in [1.165, 1.54) is 17.7 Å². The van der Waals surface area contributed by atoms with Crippen LogP contribution < -0.4 is 10.2 Å². The standard InChI is InChI=1S/C21H25FN4O/c22-18-8-6-15(7-9-18)10-11-23-21(27)17-4-2-12-26(14-17)20-13-16-3-1-5-19(16)24-25-20/h6-9,13,17H,1-5,10-12,14H2,(H,23,27)/t17-/m1/s1. The molecule has 2 heterocycles. The molecule has 0 radical (unpaired) electrons. The molecule has 5 nitrogen and oxygen atoms in total. The second-order valence-electron chi connectivity index (χ2n) is 7.48. The van der Waals surface area contributed by atoms with Crippen molar-refractivity contribution < 1.29 is 9.18 Å². The number of anilines is 1. The minimum absolute atomic E-state index is 0.0259. The molecular formula is C21H25FN4O. The summed E-state index contributed by atoms with van der Waals surface area (Å²) in [6, 6.07) is 8.58. The lowest BCUT2D eigenvalue weighted by Crippen LogP contribution is -2.44. The van der Waals surface area contributed by atoms with Crippen LogP contribution in [0, 0.1) is 11.7 Å². The zero-order valence-electron chi connectivity index (χ0n) is 15.5. The van der Waals surface area contributed by atoms with Gasteiger partial charge >= 0.3 is 0 Å². The number of amides is 1. The molecule has 1 aliphatic carbocycles. The first-order chi connectivity index (χ1) is 13.2. The summed E-state index contributed by atoms with van der Waals surface area (Å²) in [4.78, 5) is 14.8. The predicted octanol–water partition coefficient (Wildman–Crippen LogP) is 2.68. The Labute approximate surface area is 159 Å². The summed E-state index contributed by atoms with van der Waals surface area (Å²) in [5.41, 5.74) is 3.46. The average molecular weight is 368 g/mol. The van der Waals surface area contributed by atoms with Crippen LogP contribution in [-0.4, -0.2) is 35.7 Å². The maximum atomic E-state index is 12.9. The molecule has 2 aliphatic rings. The number of piperidine rings is 1. The lowest BCUT2D eigenvalue weighted by molar-refractivity contribution is -0.125. The lowest BCUT2D eigenvalue weighted by Gasteiger charge is -2.32. The van der Waals surface area contributed by atoms with E-state index in [0.29, 0.717) is 19.5 Å². The molecule has 1 aromatic carbocycles. The first kappa shape index (κ1) is 17.9. The van der Waals surface area contributed by atoms with Gasteiger partial charge in [-0.25, -0.2) is 4.39 Å². The van der Waals surface area contributed by atoms with Gasteiger partial charge in [0.05, 0.1) is 11.6 Å². The Morgan fingerprint density at radius 3 is 2.89 bits per heavy atom. The first-order valence-electron chi connectivity index (χ1n) is 9.81. The van der Waals surface area contributed by atoms with E-state index in [4.69, 9.17) is 0 Å². The lowest BCUT2D eigenvalue weighted by atomic mass is 9.97. The monoisotopic (exact) mass is 368 g/mol. The van der Waals surface area contributed by atoms with Crippen LogP contribution in [0.1, 0.15) is 36.1 Å². The van der Waals surface area contributed by atoms with Crippen molar-refractivity contribution in [1.82, 2.24) is 15.5 Å². The van der Waals surface area contributed by atoms with Crippen LogP contribution in [0.25, 0.3) is 0 Å². The van der Waals surface area contributed by atoms with E-state index in [0.717, 1.165) is 55.7 Å². The van der Waals surface area contributed by atoms with Gasteiger partial charge < -0.3 is 10.2 Å². The molecule has 1 saturated heterocycles. The second-order valence-corrected chi connectivity index (χ2v) is 7.48. The quantitative estimate of drug-likeness (QED) is 0.882. The van der Waals surface area contributed by atoms with Crippen LogP contribution in [0.15, 0.2) is 30.3 Å². The highest BCUT2D eigenvalue weighted by Gasteiger charge is 2.27. The highest BCUT2D eigenvalue weighted by atomic mass is 19.1. The number of nitrogens with zero attached hydrogens (tertiary/aromatic N) is 3. The fourth-order valence-electron chi connectivity index (χ4n) is 4.00. The predicted molar refractivity (Wildman–Crippen MR) is 102 cm³/mol. The van der Waals surface area contributed by atoms with Crippen molar-refractivity contribution in [3.63, 3.8) is 0 Å². The summed E-state index contributed by atoms with van der Waals surface area (Å²) in [5, 5.41) is 11.8. The Hall–Kier alpha value is -2.50. The van der Waals surface area contributed by atoms with Crippen molar-refractivity contribution in [1.29, 1.82) is 0 Å². The number of halogens is 1. The molecule has 0 spiro atoms. The molecule has 0 saturated carbocycles. The van der Waals surface area contributed by atoms with Gasteiger partial charge in [0.2, 0.25) is 5.91 Å². The van der Waals surface area contributed by atoms with Gasteiger partial charge in [0, 0.05) is 19.6 Å². The van der Waals surface area contributed by atoms with Crippen LogP contribution in [0.4, 0.5) is 10.2 Å². The van der Waals surface area contributed by atoms with Gasteiger partial charge in [0.25, 0.3) is 0 Å². The summed E-state index contributed by atoms with van der Waals surface area (Å²) in [6.45, 7) is 2.18. The minimum atomic E-state index is -0.236. The van der Waals surface area contributed by atoms with Gasteiger partial charge in [-0.05, 0) is 67.9 Å². The number of aryl methyl sites for hydroxylation is 2. The number of carbonyl (C=O) groups excluding carboxylic acids is 1. The largest absolute Gasteiger partial charge is 0.355 e. The van der Waals surface area contributed by atoms with E-state index in [1.54, 1.807) is 12.1 Å². The third-order valence-electron chi connectivity index (χ3n) is 5.55. The van der Waals surface area contributed by atoms with E-state index < -0.39 is 0 Å². The Morgan fingerprint density at radius 2 is 2.04 bits per heavy atom. The summed E-state index contributed by atoms with van der Waals surface area (Å²) in [7, 11) is 0. The highest BCUT2D eigenvalue weighted by Crippen LogP contribution is 2.26. The molecular weight excluding hydrogens is 343 g/mol. The Bertz CT molecular complexity index is 808. The summed E-state index contributed by atoms with van der Waals surface area (Å²) in [5.74, 6) is 0.733. The third kappa shape index (κ3) is 4.26. The zero-order valence-corrected chi connectivity index (χ0v) is 15.5. The van der Waals surface area contributed by atoms with E-state index in [2.05, 4.69) is 26.5 Å². The SMILES string of the molecule is O=C(NCCc1ccc(F)cc1)[C@@H]1CCCN(c2cc3c(nn2)CCC3)C1. The minimum Gasteiger partial charge on any atom is -0.355 e. The van der Waals surface area contributed by atoms with Crippen molar-refractivity contribution in [3.05, 3.63) is 53.0 Å². The average Bonchev–Trinajstić information content (AvgIpc) is 3.17. The molecule has 0 unspecified atom stereocenters. The maximum absolute atomic E-state index is 12.9. The van der Waals surface area contributed by atoms with Crippen molar-refractivity contribution in [3.8, 4) is 0 Å². The number of hydrogen-bond donors (Lipinski definition) is 1. The first-order valence-corrected chi connectivity index (χ1v) is 9.81. The van der Waals surface area contributed by atoms with Gasteiger partial charge in [0.1, 0.15) is 5.82 Å². The van der Waals surface area contributed by atoms with Gasteiger partial charge in [0.15, 0.2) is 5.82 Å². The molecule has 0 bridgehead atoms. The fraction of sp³-hybridized carbons (Fsp3) is 0.476. The summed E-state index contributed by atoms with van der Waals surface area (Å²) < 4.78 is 12.9. The highest BCUT2D eigenvalue weighted by molar-refractivity contribution is 5.79. The zero-order chi connectivity index (χ0) is 18.6.